The maximum absolute atomic E-state index is 13.9. The van der Waals surface area contributed by atoms with Gasteiger partial charge in [-0.1, -0.05) is 13.8 Å². The van der Waals surface area contributed by atoms with Gasteiger partial charge >= 0.3 is 0 Å². The lowest BCUT2D eigenvalue weighted by atomic mass is 9.93. The molecule has 1 saturated carbocycles. The highest BCUT2D eigenvalue weighted by Gasteiger charge is 2.52. The van der Waals surface area contributed by atoms with Crippen molar-refractivity contribution in [3.8, 4) is 0 Å². The molecule has 1 N–H and O–H groups in total. The van der Waals surface area contributed by atoms with Gasteiger partial charge in [0.05, 0.1) is 0 Å². The Morgan fingerprint density at radius 1 is 1.33 bits per heavy atom. The summed E-state index contributed by atoms with van der Waals surface area (Å²) in [4.78, 5) is 0. The molecule has 3 heteroatoms. The first-order valence-corrected chi connectivity index (χ1v) is 6.66. The molecule has 0 aliphatic heterocycles. The zero-order chi connectivity index (χ0) is 13.3. The van der Waals surface area contributed by atoms with E-state index in [1.807, 2.05) is 6.92 Å². The van der Waals surface area contributed by atoms with Gasteiger partial charge in [-0.3, -0.25) is 0 Å². The van der Waals surface area contributed by atoms with Crippen molar-refractivity contribution in [2.75, 3.05) is 13.1 Å². The van der Waals surface area contributed by atoms with Crippen molar-refractivity contribution in [2.24, 2.45) is 5.92 Å². The summed E-state index contributed by atoms with van der Waals surface area (Å²) in [6.07, 6.45) is 2.03. The molecule has 2 atom stereocenters. The molecule has 1 aromatic rings. The zero-order valence-electron chi connectivity index (χ0n) is 11.3. The van der Waals surface area contributed by atoms with Crippen LogP contribution in [0.25, 0.3) is 0 Å². The Kier molecular flexibility index (Phi) is 3.71. The second-order valence-corrected chi connectivity index (χ2v) is 5.60. The molecule has 1 fully saturated rings. The first-order chi connectivity index (χ1) is 8.49. The third-order valence-electron chi connectivity index (χ3n) is 4.09. The van der Waals surface area contributed by atoms with Crippen LogP contribution in [0.15, 0.2) is 12.1 Å². The van der Waals surface area contributed by atoms with Crippen LogP contribution < -0.4 is 5.32 Å². The summed E-state index contributed by atoms with van der Waals surface area (Å²) in [6.45, 7) is 7.61. The summed E-state index contributed by atoms with van der Waals surface area (Å²) in [5.74, 6) is -0.158. The summed E-state index contributed by atoms with van der Waals surface area (Å²) in [7, 11) is 0. The lowest BCUT2D eigenvalue weighted by molar-refractivity contribution is 0.528. The van der Waals surface area contributed by atoms with E-state index in [4.69, 9.17) is 0 Å². The number of benzene rings is 1. The maximum atomic E-state index is 13.9. The van der Waals surface area contributed by atoms with Crippen molar-refractivity contribution in [1.29, 1.82) is 0 Å². The highest BCUT2D eigenvalue weighted by Crippen LogP contribution is 2.54. The summed E-state index contributed by atoms with van der Waals surface area (Å²) in [5, 5.41) is 3.35. The highest BCUT2D eigenvalue weighted by molar-refractivity contribution is 5.36. The molecule has 1 aliphatic rings. The highest BCUT2D eigenvalue weighted by atomic mass is 19.1. The van der Waals surface area contributed by atoms with Gasteiger partial charge in [0.1, 0.15) is 11.6 Å². The first-order valence-electron chi connectivity index (χ1n) is 6.66. The third kappa shape index (κ3) is 2.41. The molecule has 2 unspecified atom stereocenters. The Bertz CT molecular complexity index is 444. The minimum Gasteiger partial charge on any atom is -0.316 e. The van der Waals surface area contributed by atoms with Crippen molar-refractivity contribution in [3.63, 3.8) is 0 Å². The molecule has 1 aliphatic carbocycles. The third-order valence-corrected chi connectivity index (χ3v) is 4.09. The van der Waals surface area contributed by atoms with Crippen LogP contribution in [-0.4, -0.2) is 13.1 Å². The molecule has 18 heavy (non-hydrogen) atoms. The van der Waals surface area contributed by atoms with E-state index in [1.54, 1.807) is 6.92 Å². The molecule has 0 saturated heterocycles. The normalized spacial score (nSPS) is 26.4. The van der Waals surface area contributed by atoms with Crippen LogP contribution in [0.2, 0.25) is 0 Å². The fourth-order valence-corrected chi connectivity index (χ4v) is 2.62. The molecule has 0 amide bonds. The Balaban J connectivity index is 2.11. The van der Waals surface area contributed by atoms with Crippen molar-refractivity contribution in [3.05, 3.63) is 34.9 Å². The molecule has 0 radical (unpaired) electrons. The first kappa shape index (κ1) is 13.5. The van der Waals surface area contributed by atoms with Gasteiger partial charge in [0.25, 0.3) is 0 Å². The zero-order valence-corrected chi connectivity index (χ0v) is 11.3. The Morgan fingerprint density at radius 2 is 2.06 bits per heavy atom. The lowest BCUT2D eigenvalue weighted by Gasteiger charge is -2.14. The van der Waals surface area contributed by atoms with Crippen LogP contribution in [0.3, 0.4) is 0 Å². The molecule has 1 nitrogen and oxygen atoms in total. The van der Waals surface area contributed by atoms with E-state index < -0.39 is 0 Å². The van der Waals surface area contributed by atoms with Crippen LogP contribution in [-0.2, 0) is 5.41 Å². The molecule has 0 spiro atoms. The SMILES string of the molecule is CCCNCC1CC1(C)c1cc(F)c(C)cc1F. The lowest BCUT2D eigenvalue weighted by Crippen LogP contribution is -2.21. The molecule has 0 heterocycles. The summed E-state index contributed by atoms with van der Waals surface area (Å²) >= 11 is 0. The van der Waals surface area contributed by atoms with E-state index in [1.165, 1.54) is 12.1 Å². The number of aryl methyl sites for hydroxylation is 1. The van der Waals surface area contributed by atoms with Crippen molar-refractivity contribution in [2.45, 2.75) is 39.0 Å². The van der Waals surface area contributed by atoms with Crippen LogP contribution >= 0.6 is 0 Å². The Hall–Kier alpha value is -0.960. The standard InChI is InChI=1S/C15H21F2N/c1-4-5-18-9-11-8-15(11,3)12-7-13(16)10(2)6-14(12)17/h6-7,11,18H,4-5,8-9H2,1-3H3. The summed E-state index contributed by atoms with van der Waals surface area (Å²) in [5.41, 5.74) is 0.717. The number of halogens is 2. The molecule has 0 aromatic heterocycles. The number of nitrogens with one attached hydrogen (secondary N) is 1. The van der Waals surface area contributed by atoms with Gasteiger partial charge in [0.15, 0.2) is 0 Å². The van der Waals surface area contributed by atoms with Crippen molar-refractivity contribution >= 4 is 0 Å². The second kappa shape index (κ2) is 4.96. The minimum absolute atomic E-state index is 0.195. The van der Waals surface area contributed by atoms with Crippen LogP contribution in [0.1, 0.15) is 37.8 Å². The largest absolute Gasteiger partial charge is 0.316 e. The van der Waals surface area contributed by atoms with Crippen LogP contribution in [0.5, 0.6) is 0 Å². The fourth-order valence-electron chi connectivity index (χ4n) is 2.62. The molecule has 2 rings (SSSR count). The maximum Gasteiger partial charge on any atom is 0.127 e. The molecule has 0 bridgehead atoms. The quantitative estimate of drug-likeness (QED) is 0.791. The topological polar surface area (TPSA) is 12.0 Å². The molecule has 100 valence electrons. The Labute approximate surface area is 108 Å². The van der Waals surface area contributed by atoms with Crippen LogP contribution in [0.4, 0.5) is 8.78 Å². The predicted octanol–water partition coefficient (Wildman–Crippen LogP) is 3.55. The van der Waals surface area contributed by atoms with Gasteiger partial charge in [0.2, 0.25) is 0 Å². The van der Waals surface area contributed by atoms with E-state index in [2.05, 4.69) is 12.2 Å². The average Bonchev–Trinajstić information content (AvgIpc) is 2.96. The minimum atomic E-state index is -0.306. The van der Waals surface area contributed by atoms with E-state index in [9.17, 15) is 8.78 Å². The number of hydrogen-bond acceptors (Lipinski definition) is 1. The van der Waals surface area contributed by atoms with E-state index in [0.29, 0.717) is 17.0 Å². The van der Waals surface area contributed by atoms with Crippen molar-refractivity contribution < 1.29 is 8.78 Å². The number of rotatable bonds is 5. The predicted molar refractivity (Wildman–Crippen MR) is 69.7 cm³/mol. The van der Waals surface area contributed by atoms with Gasteiger partial charge < -0.3 is 5.32 Å². The molecule has 1 aromatic carbocycles. The monoisotopic (exact) mass is 253 g/mol. The van der Waals surface area contributed by atoms with E-state index in [0.717, 1.165) is 25.9 Å². The number of hydrogen-bond donors (Lipinski definition) is 1. The van der Waals surface area contributed by atoms with E-state index in [-0.39, 0.29) is 17.0 Å². The van der Waals surface area contributed by atoms with Crippen molar-refractivity contribution in [1.82, 2.24) is 5.32 Å². The van der Waals surface area contributed by atoms with Gasteiger partial charge in [-0.15, -0.1) is 0 Å². The molecular weight excluding hydrogens is 232 g/mol. The Morgan fingerprint density at radius 3 is 2.72 bits per heavy atom. The summed E-state index contributed by atoms with van der Waals surface area (Å²) < 4.78 is 27.5. The van der Waals surface area contributed by atoms with Gasteiger partial charge in [-0.05, 0) is 67.4 Å². The fraction of sp³-hybridized carbons (Fsp3) is 0.600. The van der Waals surface area contributed by atoms with Gasteiger partial charge in [0, 0.05) is 0 Å². The summed E-state index contributed by atoms with van der Waals surface area (Å²) in [6, 6.07) is 2.69. The van der Waals surface area contributed by atoms with Gasteiger partial charge in [-0.2, -0.15) is 0 Å². The average molecular weight is 253 g/mol. The van der Waals surface area contributed by atoms with E-state index >= 15 is 0 Å². The van der Waals surface area contributed by atoms with Crippen LogP contribution in [0, 0.1) is 24.5 Å². The smallest absolute Gasteiger partial charge is 0.127 e. The second-order valence-electron chi connectivity index (χ2n) is 5.60. The van der Waals surface area contributed by atoms with Gasteiger partial charge in [-0.25, -0.2) is 8.78 Å². The molecular formula is C15H21F2N.